The summed E-state index contributed by atoms with van der Waals surface area (Å²) in [6.07, 6.45) is 6.14. The number of aromatic nitrogens is 2. The first-order chi connectivity index (χ1) is 10.5. The van der Waals surface area contributed by atoms with E-state index in [-0.39, 0.29) is 0 Å². The zero-order valence-corrected chi connectivity index (χ0v) is 13.6. The van der Waals surface area contributed by atoms with Crippen molar-refractivity contribution in [1.29, 1.82) is 0 Å². The van der Waals surface area contributed by atoms with Crippen molar-refractivity contribution in [2.75, 3.05) is 6.54 Å². The molecule has 0 radical (unpaired) electrons. The van der Waals surface area contributed by atoms with E-state index < -0.39 is 5.60 Å². The zero-order valence-electron chi connectivity index (χ0n) is 13.6. The maximum atomic E-state index is 10.7. The summed E-state index contributed by atoms with van der Waals surface area (Å²) < 4.78 is 1.72. The summed E-state index contributed by atoms with van der Waals surface area (Å²) in [5, 5.41) is 18.5. The molecular weight excluding hydrogens is 274 g/mol. The van der Waals surface area contributed by atoms with Crippen LogP contribution in [0.15, 0.2) is 36.7 Å². The standard InChI is InChI=1S/C18H25N3O/c1-13-4-6-14(7-5-13)17(15-8-9-15)19-12-18(2,22)16-10-20-21(3)11-16/h4-7,10-11,15,17,19,22H,8-9,12H2,1-3H3. The first-order valence-electron chi connectivity index (χ1n) is 7.97. The number of benzene rings is 1. The number of hydrogen-bond donors (Lipinski definition) is 2. The first kappa shape index (κ1) is 15.3. The molecule has 0 aliphatic heterocycles. The maximum Gasteiger partial charge on any atom is 0.102 e. The van der Waals surface area contributed by atoms with Crippen LogP contribution in [-0.2, 0) is 12.6 Å². The summed E-state index contributed by atoms with van der Waals surface area (Å²) in [5.41, 5.74) is 2.53. The molecule has 0 amide bonds. The van der Waals surface area contributed by atoms with E-state index in [1.54, 1.807) is 10.9 Å². The lowest BCUT2D eigenvalue weighted by atomic mass is 9.96. The molecule has 1 aromatic heterocycles. The van der Waals surface area contributed by atoms with Crippen LogP contribution in [-0.4, -0.2) is 21.4 Å². The van der Waals surface area contributed by atoms with Gasteiger partial charge in [0.25, 0.3) is 0 Å². The second-order valence-corrected chi connectivity index (χ2v) is 6.78. The van der Waals surface area contributed by atoms with Crippen LogP contribution in [0, 0.1) is 12.8 Å². The summed E-state index contributed by atoms with van der Waals surface area (Å²) in [6.45, 7) is 4.47. The molecule has 1 aliphatic carbocycles. The van der Waals surface area contributed by atoms with Gasteiger partial charge in [0.15, 0.2) is 0 Å². The molecule has 3 rings (SSSR count). The van der Waals surface area contributed by atoms with Gasteiger partial charge in [0.1, 0.15) is 5.60 Å². The fraction of sp³-hybridized carbons (Fsp3) is 0.500. The first-order valence-corrected chi connectivity index (χ1v) is 7.97. The Labute approximate surface area is 132 Å². The molecule has 118 valence electrons. The average Bonchev–Trinajstić information content (AvgIpc) is 3.21. The van der Waals surface area contributed by atoms with E-state index in [0.29, 0.717) is 18.5 Å². The minimum Gasteiger partial charge on any atom is -0.384 e. The highest BCUT2D eigenvalue weighted by molar-refractivity contribution is 5.26. The third kappa shape index (κ3) is 3.39. The Morgan fingerprint density at radius 2 is 2.05 bits per heavy atom. The van der Waals surface area contributed by atoms with Gasteiger partial charge >= 0.3 is 0 Å². The van der Waals surface area contributed by atoms with Gasteiger partial charge in [-0.05, 0) is 38.2 Å². The third-order valence-corrected chi connectivity index (χ3v) is 4.52. The minimum atomic E-state index is -0.911. The molecule has 4 heteroatoms. The molecule has 2 unspecified atom stereocenters. The number of aryl methyl sites for hydroxylation is 2. The maximum absolute atomic E-state index is 10.7. The molecule has 0 bridgehead atoms. The number of hydrogen-bond acceptors (Lipinski definition) is 3. The molecular formula is C18H25N3O. The topological polar surface area (TPSA) is 50.1 Å². The predicted octanol–water partition coefficient (Wildman–Crippen LogP) is 2.68. The summed E-state index contributed by atoms with van der Waals surface area (Å²) in [5.74, 6) is 0.687. The fourth-order valence-corrected chi connectivity index (χ4v) is 2.87. The molecule has 2 aromatic rings. The van der Waals surface area contributed by atoms with Crippen molar-refractivity contribution in [2.24, 2.45) is 13.0 Å². The van der Waals surface area contributed by atoms with Crippen LogP contribution in [0.4, 0.5) is 0 Å². The van der Waals surface area contributed by atoms with Crippen LogP contribution in [0.1, 0.15) is 42.5 Å². The van der Waals surface area contributed by atoms with Gasteiger partial charge in [0.05, 0.1) is 6.20 Å². The number of aliphatic hydroxyl groups is 1. The monoisotopic (exact) mass is 299 g/mol. The fourth-order valence-electron chi connectivity index (χ4n) is 2.87. The van der Waals surface area contributed by atoms with Gasteiger partial charge in [0, 0.05) is 31.4 Å². The van der Waals surface area contributed by atoms with Crippen molar-refractivity contribution in [3.8, 4) is 0 Å². The molecule has 2 N–H and O–H groups in total. The summed E-state index contributed by atoms with van der Waals surface area (Å²) in [7, 11) is 1.87. The molecule has 1 heterocycles. The van der Waals surface area contributed by atoms with E-state index in [9.17, 15) is 5.11 Å². The largest absolute Gasteiger partial charge is 0.384 e. The predicted molar refractivity (Wildman–Crippen MR) is 87.4 cm³/mol. The smallest absolute Gasteiger partial charge is 0.102 e. The normalized spacial score (nSPS) is 18.9. The number of rotatable bonds is 6. The van der Waals surface area contributed by atoms with Crippen LogP contribution in [0.3, 0.4) is 0 Å². The van der Waals surface area contributed by atoms with E-state index in [2.05, 4.69) is 41.6 Å². The van der Waals surface area contributed by atoms with Crippen LogP contribution in [0.5, 0.6) is 0 Å². The third-order valence-electron chi connectivity index (χ3n) is 4.52. The molecule has 2 atom stereocenters. The van der Waals surface area contributed by atoms with Gasteiger partial charge in [-0.2, -0.15) is 5.10 Å². The van der Waals surface area contributed by atoms with E-state index >= 15 is 0 Å². The Morgan fingerprint density at radius 3 is 2.59 bits per heavy atom. The average molecular weight is 299 g/mol. The van der Waals surface area contributed by atoms with Gasteiger partial charge in [-0.1, -0.05) is 29.8 Å². The molecule has 1 saturated carbocycles. The van der Waals surface area contributed by atoms with E-state index in [4.69, 9.17) is 0 Å². The van der Waals surface area contributed by atoms with Crippen molar-refractivity contribution < 1.29 is 5.11 Å². The molecule has 1 aliphatic rings. The Hall–Kier alpha value is -1.65. The van der Waals surface area contributed by atoms with Gasteiger partial charge in [-0.3, -0.25) is 4.68 Å². The van der Waals surface area contributed by atoms with Crippen LogP contribution >= 0.6 is 0 Å². The summed E-state index contributed by atoms with van der Waals surface area (Å²) in [4.78, 5) is 0. The highest BCUT2D eigenvalue weighted by Gasteiger charge is 2.34. The van der Waals surface area contributed by atoms with Crippen LogP contribution in [0.25, 0.3) is 0 Å². The molecule has 1 aromatic carbocycles. The molecule has 4 nitrogen and oxygen atoms in total. The summed E-state index contributed by atoms with van der Waals surface area (Å²) >= 11 is 0. The van der Waals surface area contributed by atoms with Crippen molar-refractivity contribution in [3.63, 3.8) is 0 Å². The van der Waals surface area contributed by atoms with Crippen molar-refractivity contribution in [1.82, 2.24) is 15.1 Å². The second kappa shape index (κ2) is 5.86. The molecule has 22 heavy (non-hydrogen) atoms. The van der Waals surface area contributed by atoms with E-state index in [1.807, 2.05) is 20.2 Å². The van der Waals surface area contributed by atoms with Crippen molar-refractivity contribution in [2.45, 2.75) is 38.3 Å². The van der Waals surface area contributed by atoms with Crippen molar-refractivity contribution >= 4 is 0 Å². The highest BCUT2D eigenvalue weighted by atomic mass is 16.3. The lowest BCUT2D eigenvalue weighted by molar-refractivity contribution is 0.0528. The van der Waals surface area contributed by atoms with E-state index in [0.717, 1.165) is 5.56 Å². The summed E-state index contributed by atoms with van der Waals surface area (Å²) in [6, 6.07) is 9.04. The van der Waals surface area contributed by atoms with Gasteiger partial charge in [0.2, 0.25) is 0 Å². The van der Waals surface area contributed by atoms with Gasteiger partial charge in [-0.15, -0.1) is 0 Å². The SMILES string of the molecule is Cc1ccc(C(NCC(C)(O)c2cnn(C)c2)C2CC2)cc1. The Morgan fingerprint density at radius 1 is 1.36 bits per heavy atom. The van der Waals surface area contributed by atoms with Crippen molar-refractivity contribution in [3.05, 3.63) is 53.3 Å². The Bertz CT molecular complexity index is 626. The lowest BCUT2D eigenvalue weighted by Crippen LogP contribution is -2.37. The molecule has 1 fully saturated rings. The Kier molecular flexibility index (Phi) is 4.06. The minimum absolute atomic E-state index is 0.323. The Balaban J connectivity index is 1.70. The quantitative estimate of drug-likeness (QED) is 0.862. The lowest BCUT2D eigenvalue weighted by Gasteiger charge is -2.27. The van der Waals surface area contributed by atoms with Gasteiger partial charge < -0.3 is 10.4 Å². The van der Waals surface area contributed by atoms with Gasteiger partial charge in [-0.25, -0.2) is 0 Å². The zero-order chi connectivity index (χ0) is 15.7. The molecule has 0 saturated heterocycles. The van der Waals surface area contributed by atoms with Crippen LogP contribution in [0.2, 0.25) is 0 Å². The second-order valence-electron chi connectivity index (χ2n) is 6.78. The number of nitrogens with one attached hydrogen (secondary N) is 1. The molecule has 0 spiro atoms. The highest BCUT2D eigenvalue weighted by Crippen LogP contribution is 2.41. The number of nitrogens with zero attached hydrogens (tertiary/aromatic N) is 2. The van der Waals surface area contributed by atoms with Crippen LogP contribution < -0.4 is 5.32 Å². The van der Waals surface area contributed by atoms with E-state index in [1.165, 1.54) is 24.0 Å².